The van der Waals surface area contributed by atoms with Gasteiger partial charge in [0.2, 0.25) is 0 Å². The molecule has 112 valence electrons. The largest absolute Gasteiger partial charge is 0.496 e. The van der Waals surface area contributed by atoms with Crippen LogP contribution in [0.15, 0.2) is 42.5 Å². The highest BCUT2D eigenvalue weighted by Gasteiger charge is 2.14. The van der Waals surface area contributed by atoms with E-state index in [0.717, 1.165) is 23.3 Å². The zero-order valence-corrected chi connectivity index (χ0v) is 13.3. The molecule has 0 heterocycles. The second-order valence-corrected chi connectivity index (χ2v) is 5.69. The molecule has 2 rings (SSSR count). The van der Waals surface area contributed by atoms with Crippen LogP contribution in [0.5, 0.6) is 5.75 Å². The molecule has 0 aliphatic heterocycles. The maximum atomic E-state index is 13.3. The molecule has 0 saturated heterocycles. The average Bonchev–Trinajstić information content (AvgIpc) is 2.50. The summed E-state index contributed by atoms with van der Waals surface area (Å²) in [5.74, 6) is 1.21. The summed E-state index contributed by atoms with van der Waals surface area (Å²) in [6, 6.07) is 12.3. The molecule has 0 aromatic heterocycles. The highest BCUT2D eigenvalue weighted by atomic mass is 35.5. The van der Waals surface area contributed by atoms with Gasteiger partial charge < -0.3 is 4.74 Å². The van der Waals surface area contributed by atoms with E-state index in [0.29, 0.717) is 17.3 Å². The van der Waals surface area contributed by atoms with Crippen molar-refractivity contribution in [3.8, 4) is 5.75 Å². The number of rotatable bonds is 6. The summed E-state index contributed by atoms with van der Waals surface area (Å²) in [7, 11) is 1.65. The monoisotopic (exact) mass is 326 g/mol. The van der Waals surface area contributed by atoms with Crippen LogP contribution in [0.4, 0.5) is 4.39 Å². The normalized spacial score (nSPS) is 12.2. The topological polar surface area (TPSA) is 9.23 Å². The minimum Gasteiger partial charge on any atom is -0.496 e. The first-order valence-electron chi connectivity index (χ1n) is 6.75. The average molecular weight is 327 g/mol. The third-order valence-corrected chi connectivity index (χ3v) is 4.24. The summed E-state index contributed by atoms with van der Waals surface area (Å²) < 4.78 is 18.7. The summed E-state index contributed by atoms with van der Waals surface area (Å²) >= 11 is 12.2. The van der Waals surface area contributed by atoms with E-state index in [2.05, 4.69) is 0 Å². The van der Waals surface area contributed by atoms with Gasteiger partial charge in [0.05, 0.1) is 7.11 Å². The van der Waals surface area contributed by atoms with Gasteiger partial charge in [-0.3, -0.25) is 0 Å². The van der Waals surface area contributed by atoms with Gasteiger partial charge in [0.1, 0.15) is 11.6 Å². The summed E-state index contributed by atoms with van der Waals surface area (Å²) in [4.78, 5) is 0. The maximum absolute atomic E-state index is 13.3. The van der Waals surface area contributed by atoms with E-state index >= 15 is 0 Å². The molecule has 0 radical (unpaired) electrons. The lowest BCUT2D eigenvalue weighted by atomic mass is 9.93. The zero-order valence-electron chi connectivity index (χ0n) is 11.8. The summed E-state index contributed by atoms with van der Waals surface area (Å²) in [6.45, 7) is 0. The predicted molar refractivity (Wildman–Crippen MR) is 86.0 cm³/mol. The van der Waals surface area contributed by atoms with Gasteiger partial charge in [-0.25, -0.2) is 4.39 Å². The lowest BCUT2D eigenvalue weighted by Crippen LogP contribution is -2.11. The molecule has 0 aliphatic carbocycles. The van der Waals surface area contributed by atoms with Crippen molar-refractivity contribution in [2.24, 2.45) is 5.92 Å². The summed E-state index contributed by atoms with van der Waals surface area (Å²) in [5.41, 5.74) is 1.88. The number of methoxy groups -OCH3 is 1. The van der Waals surface area contributed by atoms with E-state index in [4.69, 9.17) is 27.9 Å². The fourth-order valence-electron chi connectivity index (χ4n) is 2.37. The fraction of sp³-hybridized carbons (Fsp3) is 0.294. The molecule has 0 N–H and O–H groups in total. The first-order valence-corrected chi connectivity index (χ1v) is 7.67. The van der Waals surface area contributed by atoms with Gasteiger partial charge in [0, 0.05) is 10.9 Å². The van der Waals surface area contributed by atoms with Gasteiger partial charge in [0.15, 0.2) is 0 Å². The van der Waals surface area contributed by atoms with Gasteiger partial charge in [0.25, 0.3) is 0 Å². The van der Waals surface area contributed by atoms with Crippen molar-refractivity contribution in [3.05, 3.63) is 64.4 Å². The van der Waals surface area contributed by atoms with Crippen molar-refractivity contribution < 1.29 is 9.13 Å². The van der Waals surface area contributed by atoms with E-state index in [1.54, 1.807) is 13.2 Å². The lowest BCUT2D eigenvalue weighted by Gasteiger charge is -2.17. The Bertz CT molecular complexity index is 601. The molecule has 1 nitrogen and oxygen atoms in total. The molecule has 0 fully saturated rings. The third kappa shape index (κ3) is 4.36. The van der Waals surface area contributed by atoms with E-state index < -0.39 is 0 Å². The number of hydrogen-bond donors (Lipinski definition) is 0. The van der Waals surface area contributed by atoms with Crippen molar-refractivity contribution in [3.63, 3.8) is 0 Å². The van der Waals surface area contributed by atoms with E-state index in [1.807, 2.05) is 24.3 Å². The summed E-state index contributed by atoms with van der Waals surface area (Å²) in [5, 5.41) is 0.576. The first-order chi connectivity index (χ1) is 10.1. The van der Waals surface area contributed by atoms with Crippen molar-refractivity contribution >= 4 is 23.2 Å². The number of alkyl halides is 1. The Morgan fingerprint density at radius 2 is 1.81 bits per heavy atom. The van der Waals surface area contributed by atoms with Gasteiger partial charge in [-0.05, 0) is 54.2 Å². The van der Waals surface area contributed by atoms with Crippen LogP contribution in [0.1, 0.15) is 11.1 Å². The molecular weight excluding hydrogens is 310 g/mol. The van der Waals surface area contributed by atoms with Crippen molar-refractivity contribution in [1.82, 2.24) is 0 Å². The molecule has 0 spiro atoms. The zero-order chi connectivity index (χ0) is 15.2. The molecule has 1 unspecified atom stereocenters. The summed E-state index contributed by atoms with van der Waals surface area (Å²) in [6.07, 6.45) is 1.40. The molecule has 0 aliphatic rings. The third-order valence-electron chi connectivity index (χ3n) is 3.44. The smallest absolute Gasteiger partial charge is 0.123 e. The quantitative estimate of drug-likeness (QED) is 0.669. The van der Waals surface area contributed by atoms with Crippen LogP contribution in [0, 0.1) is 11.7 Å². The van der Waals surface area contributed by atoms with E-state index in [1.165, 1.54) is 12.1 Å². The van der Waals surface area contributed by atoms with Crippen molar-refractivity contribution in [2.45, 2.75) is 12.8 Å². The van der Waals surface area contributed by atoms with Crippen LogP contribution in [0.3, 0.4) is 0 Å². The number of benzene rings is 2. The minimum absolute atomic E-state index is 0.169. The van der Waals surface area contributed by atoms with E-state index in [-0.39, 0.29) is 11.7 Å². The highest BCUT2D eigenvalue weighted by Crippen LogP contribution is 2.26. The number of hydrogen-bond acceptors (Lipinski definition) is 1. The second kappa shape index (κ2) is 7.67. The number of ether oxygens (including phenoxy) is 1. The van der Waals surface area contributed by atoms with Crippen LogP contribution in [-0.4, -0.2) is 13.0 Å². The Balaban J connectivity index is 2.15. The van der Waals surface area contributed by atoms with Crippen LogP contribution in [0.25, 0.3) is 0 Å². The van der Waals surface area contributed by atoms with E-state index in [9.17, 15) is 4.39 Å². The van der Waals surface area contributed by atoms with Gasteiger partial charge in [-0.2, -0.15) is 0 Å². The standard InChI is InChI=1S/C17H17Cl2FO/c1-21-17-5-3-2-4-13(17)8-12(11-18)9-14-10-15(20)6-7-16(14)19/h2-7,10,12H,8-9,11H2,1H3. The van der Waals surface area contributed by atoms with Gasteiger partial charge in [-0.1, -0.05) is 29.8 Å². The van der Waals surface area contributed by atoms with Crippen LogP contribution < -0.4 is 4.74 Å². The Morgan fingerprint density at radius 1 is 1.10 bits per heavy atom. The van der Waals surface area contributed by atoms with Crippen LogP contribution in [-0.2, 0) is 12.8 Å². The number of para-hydroxylation sites is 1. The predicted octanol–water partition coefficient (Wildman–Crippen LogP) is 5.13. The molecule has 0 bridgehead atoms. The fourth-order valence-corrected chi connectivity index (χ4v) is 2.79. The SMILES string of the molecule is COc1ccccc1CC(CCl)Cc1cc(F)ccc1Cl. The van der Waals surface area contributed by atoms with Gasteiger partial charge in [-0.15, -0.1) is 11.6 Å². The molecular formula is C17H17Cl2FO. The number of halogens is 3. The maximum Gasteiger partial charge on any atom is 0.123 e. The van der Waals surface area contributed by atoms with Crippen LogP contribution in [0.2, 0.25) is 5.02 Å². The second-order valence-electron chi connectivity index (χ2n) is 4.98. The Labute approximate surface area is 134 Å². The van der Waals surface area contributed by atoms with Crippen molar-refractivity contribution in [2.75, 3.05) is 13.0 Å². The first kappa shape index (κ1) is 16.1. The highest BCUT2D eigenvalue weighted by molar-refractivity contribution is 6.31. The molecule has 1 atom stereocenters. The lowest BCUT2D eigenvalue weighted by molar-refractivity contribution is 0.405. The minimum atomic E-state index is -0.278. The molecule has 2 aromatic carbocycles. The Hall–Kier alpha value is -1.25. The Morgan fingerprint density at radius 3 is 2.52 bits per heavy atom. The van der Waals surface area contributed by atoms with Gasteiger partial charge >= 0.3 is 0 Å². The van der Waals surface area contributed by atoms with Crippen molar-refractivity contribution in [1.29, 1.82) is 0 Å². The van der Waals surface area contributed by atoms with Crippen LogP contribution >= 0.6 is 23.2 Å². The molecule has 0 amide bonds. The molecule has 2 aromatic rings. The molecule has 4 heteroatoms. The molecule has 0 saturated carbocycles. The Kier molecular flexibility index (Phi) is 5.89. The molecule has 21 heavy (non-hydrogen) atoms.